The lowest BCUT2D eigenvalue weighted by atomic mass is 10.1. The monoisotopic (exact) mass is 272 g/mol. The van der Waals surface area contributed by atoms with Crippen molar-refractivity contribution in [3.05, 3.63) is 0 Å². The maximum atomic E-state index is 11.6. The van der Waals surface area contributed by atoms with Gasteiger partial charge in [0, 0.05) is 0 Å². The van der Waals surface area contributed by atoms with Gasteiger partial charge in [0.05, 0.1) is 6.67 Å². The molecule has 68 valence electrons. The minimum Gasteiger partial charge on any atom is -0.251 e. The van der Waals surface area contributed by atoms with Crippen molar-refractivity contribution in [1.29, 1.82) is 0 Å². The molecular formula is C9H18FI. The summed E-state index contributed by atoms with van der Waals surface area (Å²) in [6, 6.07) is 0. The maximum Gasteiger partial charge on any atom is 0.0894 e. The van der Waals surface area contributed by atoms with Gasteiger partial charge >= 0.3 is 0 Å². The lowest BCUT2D eigenvalue weighted by molar-refractivity contribution is 0.450. The van der Waals surface area contributed by atoms with Crippen LogP contribution in [0.15, 0.2) is 0 Å². The van der Waals surface area contributed by atoms with E-state index in [9.17, 15) is 4.39 Å². The highest BCUT2D eigenvalue weighted by Crippen LogP contribution is 2.07. The summed E-state index contributed by atoms with van der Waals surface area (Å²) in [5.74, 6) is 0. The molecule has 0 heterocycles. The van der Waals surface area contributed by atoms with Crippen molar-refractivity contribution < 1.29 is 4.39 Å². The van der Waals surface area contributed by atoms with Gasteiger partial charge in [0.2, 0.25) is 0 Å². The van der Waals surface area contributed by atoms with Crippen molar-refractivity contribution in [1.82, 2.24) is 0 Å². The van der Waals surface area contributed by atoms with Gasteiger partial charge in [-0.2, -0.15) is 0 Å². The van der Waals surface area contributed by atoms with Crippen LogP contribution in [0.5, 0.6) is 0 Å². The third-order valence-electron chi connectivity index (χ3n) is 1.77. The van der Waals surface area contributed by atoms with Crippen LogP contribution in [-0.4, -0.2) is 11.1 Å². The molecule has 0 rings (SSSR count). The van der Waals surface area contributed by atoms with E-state index in [1.807, 2.05) is 0 Å². The van der Waals surface area contributed by atoms with Crippen LogP contribution in [0, 0.1) is 0 Å². The number of rotatable bonds is 8. The van der Waals surface area contributed by atoms with Gasteiger partial charge in [-0.25, -0.2) is 0 Å². The normalized spacial score (nSPS) is 10.4. The highest BCUT2D eigenvalue weighted by molar-refractivity contribution is 14.1. The quantitative estimate of drug-likeness (QED) is 0.354. The average molecular weight is 272 g/mol. The Bertz CT molecular complexity index is 58.6. The van der Waals surface area contributed by atoms with E-state index in [0.717, 1.165) is 12.8 Å². The number of halogens is 2. The van der Waals surface area contributed by atoms with Gasteiger partial charge in [0.1, 0.15) is 0 Å². The summed E-state index contributed by atoms with van der Waals surface area (Å²) < 4.78 is 12.9. The highest BCUT2D eigenvalue weighted by Gasteiger charge is 1.90. The highest BCUT2D eigenvalue weighted by atomic mass is 127. The van der Waals surface area contributed by atoms with Crippen LogP contribution in [0.3, 0.4) is 0 Å². The van der Waals surface area contributed by atoms with Crippen LogP contribution in [0.25, 0.3) is 0 Å². The van der Waals surface area contributed by atoms with Crippen molar-refractivity contribution in [3.8, 4) is 0 Å². The Hall–Kier alpha value is 0.660. The molecule has 0 aromatic rings. The number of hydrogen-bond acceptors (Lipinski definition) is 0. The van der Waals surface area contributed by atoms with Gasteiger partial charge in [-0.05, 0) is 17.3 Å². The van der Waals surface area contributed by atoms with Crippen LogP contribution < -0.4 is 0 Å². The molecule has 0 aromatic heterocycles. The van der Waals surface area contributed by atoms with Gasteiger partial charge < -0.3 is 0 Å². The minimum atomic E-state index is -0.131. The second-order valence-electron chi connectivity index (χ2n) is 2.85. The molecule has 0 atom stereocenters. The third kappa shape index (κ3) is 10.7. The molecule has 0 unspecified atom stereocenters. The summed E-state index contributed by atoms with van der Waals surface area (Å²) in [6.45, 7) is -0.131. The fourth-order valence-electron chi connectivity index (χ4n) is 1.07. The number of unbranched alkanes of at least 4 members (excludes halogenated alkanes) is 6. The van der Waals surface area contributed by atoms with E-state index in [0.29, 0.717) is 0 Å². The first-order valence-electron chi connectivity index (χ1n) is 4.53. The van der Waals surface area contributed by atoms with Gasteiger partial charge in [-0.15, -0.1) is 0 Å². The Kier molecular flexibility index (Phi) is 11.3. The first-order chi connectivity index (χ1) is 5.41. The molecule has 0 fully saturated rings. The van der Waals surface area contributed by atoms with Crippen LogP contribution in [0.2, 0.25) is 0 Å². The molecule has 0 aliphatic carbocycles. The lowest BCUT2D eigenvalue weighted by Crippen LogP contribution is -1.81. The lowest BCUT2D eigenvalue weighted by Gasteiger charge is -1.98. The summed E-state index contributed by atoms with van der Waals surface area (Å²) in [4.78, 5) is 0. The average Bonchev–Trinajstić information content (AvgIpc) is 2.03. The van der Waals surface area contributed by atoms with Crippen molar-refractivity contribution in [2.75, 3.05) is 11.1 Å². The minimum absolute atomic E-state index is 0.131. The van der Waals surface area contributed by atoms with Crippen LogP contribution in [0.1, 0.15) is 44.9 Å². The van der Waals surface area contributed by atoms with Crippen LogP contribution in [-0.2, 0) is 0 Å². The molecule has 11 heavy (non-hydrogen) atoms. The van der Waals surface area contributed by atoms with E-state index < -0.39 is 0 Å². The topological polar surface area (TPSA) is 0 Å². The molecule has 0 saturated carbocycles. The van der Waals surface area contributed by atoms with E-state index in [4.69, 9.17) is 0 Å². The van der Waals surface area contributed by atoms with Gasteiger partial charge in [0.15, 0.2) is 0 Å². The van der Waals surface area contributed by atoms with Crippen LogP contribution in [0.4, 0.5) is 4.39 Å². The maximum absolute atomic E-state index is 11.6. The SMILES string of the molecule is FCCCCCCCCCI. The third-order valence-corrected chi connectivity index (χ3v) is 2.53. The molecule has 0 amide bonds. The molecule has 0 N–H and O–H groups in total. The Morgan fingerprint density at radius 1 is 0.727 bits per heavy atom. The van der Waals surface area contributed by atoms with E-state index in [1.54, 1.807) is 0 Å². The Balaban J connectivity index is 2.69. The number of hydrogen-bond donors (Lipinski definition) is 0. The molecule has 0 nitrogen and oxygen atoms in total. The zero-order valence-corrected chi connectivity index (χ0v) is 9.28. The molecule has 0 bridgehead atoms. The van der Waals surface area contributed by atoms with Crippen molar-refractivity contribution in [2.45, 2.75) is 44.9 Å². The van der Waals surface area contributed by atoms with Crippen molar-refractivity contribution >= 4 is 22.6 Å². The molecular weight excluding hydrogens is 254 g/mol. The second kappa shape index (κ2) is 10.7. The van der Waals surface area contributed by atoms with E-state index >= 15 is 0 Å². The molecule has 0 aliphatic heterocycles. The predicted molar refractivity (Wildman–Crippen MR) is 57.2 cm³/mol. The Labute approximate surface area is 83.1 Å². The Morgan fingerprint density at radius 2 is 1.18 bits per heavy atom. The number of alkyl halides is 2. The fraction of sp³-hybridized carbons (Fsp3) is 1.00. The van der Waals surface area contributed by atoms with Crippen LogP contribution >= 0.6 is 22.6 Å². The standard InChI is InChI=1S/C9H18FI/c10-8-6-4-2-1-3-5-7-9-11/h1-9H2. The molecule has 2 heteroatoms. The largest absolute Gasteiger partial charge is 0.251 e. The van der Waals surface area contributed by atoms with E-state index in [-0.39, 0.29) is 6.67 Å². The summed E-state index contributed by atoms with van der Waals surface area (Å²) >= 11 is 2.41. The first kappa shape index (κ1) is 11.7. The second-order valence-corrected chi connectivity index (χ2v) is 3.93. The smallest absolute Gasteiger partial charge is 0.0894 e. The molecule has 0 saturated heterocycles. The van der Waals surface area contributed by atoms with E-state index in [2.05, 4.69) is 22.6 Å². The molecule has 0 aliphatic rings. The zero-order chi connectivity index (χ0) is 8.36. The van der Waals surface area contributed by atoms with Gasteiger partial charge in [-0.3, -0.25) is 4.39 Å². The zero-order valence-electron chi connectivity index (χ0n) is 7.12. The Morgan fingerprint density at radius 3 is 1.64 bits per heavy atom. The summed E-state index contributed by atoms with van der Waals surface area (Å²) in [5, 5.41) is 0. The molecule has 0 aromatic carbocycles. The van der Waals surface area contributed by atoms with Crippen molar-refractivity contribution in [3.63, 3.8) is 0 Å². The first-order valence-corrected chi connectivity index (χ1v) is 6.06. The van der Waals surface area contributed by atoms with E-state index in [1.165, 1.54) is 36.5 Å². The van der Waals surface area contributed by atoms with Gasteiger partial charge in [0.25, 0.3) is 0 Å². The van der Waals surface area contributed by atoms with Gasteiger partial charge in [-0.1, -0.05) is 54.7 Å². The fourth-order valence-corrected chi connectivity index (χ4v) is 1.61. The molecule has 0 radical (unpaired) electrons. The summed E-state index contributed by atoms with van der Waals surface area (Å²) in [5.41, 5.74) is 0. The predicted octanol–water partition coefficient (Wildman–Crippen LogP) is 4.12. The molecule has 0 spiro atoms. The summed E-state index contributed by atoms with van der Waals surface area (Å²) in [7, 11) is 0. The summed E-state index contributed by atoms with van der Waals surface area (Å²) in [6.07, 6.45) is 8.44. The van der Waals surface area contributed by atoms with Crippen molar-refractivity contribution in [2.24, 2.45) is 0 Å².